The number of nitriles is 1. The van der Waals surface area contributed by atoms with Crippen molar-refractivity contribution >= 4 is 17.6 Å². The maximum absolute atomic E-state index is 12.1. The fourth-order valence-corrected chi connectivity index (χ4v) is 2.57. The second kappa shape index (κ2) is 6.69. The van der Waals surface area contributed by atoms with Crippen LogP contribution in [0.3, 0.4) is 0 Å². The number of halogens is 1. The molecule has 0 bridgehead atoms. The third kappa shape index (κ3) is 3.45. The first-order valence-corrected chi connectivity index (χ1v) is 7.24. The van der Waals surface area contributed by atoms with Gasteiger partial charge in [0.1, 0.15) is 12.4 Å². The minimum atomic E-state index is -0.511. The average molecular weight is 330 g/mol. The maximum Gasteiger partial charge on any atom is 0.338 e. The molecule has 0 unspecified atom stereocenters. The molecule has 1 aliphatic heterocycles. The molecular formula is C17H12ClNO4. The lowest BCUT2D eigenvalue weighted by atomic mass is 10.1. The smallest absolute Gasteiger partial charge is 0.338 e. The molecule has 0 saturated heterocycles. The van der Waals surface area contributed by atoms with Crippen molar-refractivity contribution in [3.63, 3.8) is 0 Å². The number of ether oxygens (including phenoxy) is 3. The minimum absolute atomic E-state index is 0.0263. The van der Waals surface area contributed by atoms with Crippen molar-refractivity contribution in [2.45, 2.75) is 13.2 Å². The van der Waals surface area contributed by atoms with Gasteiger partial charge in [-0.3, -0.25) is 0 Å². The van der Waals surface area contributed by atoms with E-state index in [0.717, 1.165) is 5.56 Å². The summed E-state index contributed by atoms with van der Waals surface area (Å²) in [7, 11) is 0. The van der Waals surface area contributed by atoms with Crippen molar-refractivity contribution in [2.24, 2.45) is 0 Å². The Balaban J connectivity index is 1.77. The zero-order valence-electron chi connectivity index (χ0n) is 12.0. The van der Waals surface area contributed by atoms with Crippen LogP contribution in [0.15, 0.2) is 36.4 Å². The molecule has 0 fully saturated rings. The van der Waals surface area contributed by atoms with E-state index in [-0.39, 0.29) is 13.4 Å². The summed E-state index contributed by atoms with van der Waals surface area (Å²) in [6.07, 6.45) is 0. The van der Waals surface area contributed by atoms with Crippen LogP contribution in [0.25, 0.3) is 0 Å². The van der Waals surface area contributed by atoms with Crippen LogP contribution >= 0.6 is 11.6 Å². The summed E-state index contributed by atoms with van der Waals surface area (Å²) in [5, 5.41) is 9.39. The Morgan fingerprint density at radius 1 is 1.35 bits per heavy atom. The molecule has 0 radical (unpaired) electrons. The summed E-state index contributed by atoms with van der Waals surface area (Å²) < 4.78 is 16.0. The summed E-state index contributed by atoms with van der Waals surface area (Å²) >= 11 is 6.07. The predicted molar refractivity (Wildman–Crippen MR) is 82.0 cm³/mol. The van der Waals surface area contributed by atoms with E-state index >= 15 is 0 Å². The Hall–Kier alpha value is -2.55. The normalized spacial score (nSPS) is 12.7. The molecule has 0 aromatic heterocycles. The number of carbonyl (C=O) groups excluding carboxylic acids is 1. The lowest BCUT2D eigenvalue weighted by molar-refractivity contribution is -0.0180. The number of benzene rings is 2. The van der Waals surface area contributed by atoms with E-state index in [0.29, 0.717) is 34.1 Å². The predicted octanol–water partition coefficient (Wildman–Crippen LogP) is 3.44. The second-order valence-corrected chi connectivity index (χ2v) is 5.37. The molecule has 0 saturated carbocycles. The van der Waals surface area contributed by atoms with Gasteiger partial charge in [-0.2, -0.15) is 5.26 Å². The number of fused-ring (bicyclic) bond motifs is 1. The number of hydrogen-bond donors (Lipinski definition) is 0. The topological polar surface area (TPSA) is 68.6 Å². The van der Waals surface area contributed by atoms with E-state index < -0.39 is 5.97 Å². The lowest BCUT2D eigenvalue weighted by Gasteiger charge is -2.21. The molecule has 23 heavy (non-hydrogen) atoms. The van der Waals surface area contributed by atoms with Gasteiger partial charge in [-0.15, -0.1) is 0 Å². The number of esters is 1. The van der Waals surface area contributed by atoms with Crippen LogP contribution in [-0.4, -0.2) is 12.8 Å². The molecule has 6 heteroatoms. The molecule has 0 amide bonds. The van der Waals surface area contributed by atoms with Crippen LogP contribution in [0, 0.1) is 11.3 Å². The molecule has 0 spiro atoms. The lowest BCUT2D eigenvalue weighted by Crippen LogP contribution is -2.14. The highest BCUT2D eigenvalue weighted by Crippen LogP contribution is 2.32. The van der Waals surface area contributed by atoms with Crippen molar-refractivity contribution in [3.05, 3.63) is 63.7 Å². The third-order valence-corrected chi connectivity index (χ3v) is 3.56. The highest BCUT2D eigenvalue weighted by atomic mass is 35.5. The summed E-state index contributed by atoms with van der Waals surface area (Å²) in [4.78, 5) is 12.1. The highest BCUT2D eigenvalue weighted by molar-refractivity contribution is 6.30. The Kier molecular flexibility index (Phi) is 4.47. The summed E-state index contributed by atoms with van der Waals surface area (Å²) in [5.41, 5.74) is 2.23. The van der Waals surface area contributed by atoms with Gasteiger partial charge in [0.25, 0.3) is 0 Å². The van der Waals surface area contributed by atoms with Crippen molar-refractivity contribution < 1.29 is 19.0 Å². The first kappa shape index (κ1) is 15.3. The van der Waals surface area contributed by atoms with E-state index in [4.69, 9.17) is 31.1 Å². The number of nitrogens with zero attached hydrogens (tertiary/aromatic N) is 1. The van der Waals surface area contributed by atoms with Crippen molar-refractivity contribution in [2.75, 3.05) is 6.79 Å². The molecule has 2 aromatic rings. The van der Waals surface area contributed by atoms with Crippen molar-refractivity contribution in [1.29, 1.82) is 5.26 Å². The monoisotopic (exact) mass is 329 g/mol. The fraction of sp³-hybridized carbons (Fsp3) is 0.176. The summed E-state index contributed by atoms with van der Waals surface area (Å²) in [6.45, 7) is 0.583. The minimum Gasteiger partial charge on any atom is -0.467 e. The van der Waals surface area contributed by atoms with Crippen LogP contribution in [0.1, 0.15) is 27.0 Å². The third-order valence-electron chi connectivity index (χ3n) is 3.34. The number of rotatable bonds is 3. The Bertz CT molecular complexity index is 798. The first-order chi connectivity index (χ1) is 11.2. The fourth-order valence-electron chi connectivity index (χ4n) is 2.31. The average Bonchev–Trinajstić information content (AvgIpc) is 2.59. The maximum atomic E-state index is 12.1. The van der Waals surface area contributed by atoms with Gasteiger partial charge in [0.2, 0.25) is 0 Å². The zero-order valence-corrected chi connectivity index (χ0v) is 12.8. The largest absolute Gasteiger partial charge is 0.467 e. The van der Waals surface area contributed by atoms with Crippen LogP contribution < -0.4 is 4.74 Å². The molecule has 0 aliphatic carbocycles. The standard InChI is InChI=1S/C17H12ClNO4/c18-15-5-13-8-21-10-23-16(13)14(6-15)9-22-17(20)12-3-1-2-11(4-12)7-19/h1-6H,8-10H2. The molecule has 3 rings (SSSR count). The molecule has 116 valence electrons. The zero-order chi connectivity index (χ0) is 16.2. The Morgan fingerprint density at radius 3 is 3.04 bits per heavy atom. The highest BCUT2D eigenvalue weighted by Gasteiger charge is 2.18. The summed E-state index contributed by atoms with van der Waals surface area (Å²) in [6, 6.07) is 11.8. The molecule has 1 heterocycles. The Morgan fingerprint density at radius 2 is 2.22 bits per heavy atom. The van der Waals surface area contributed by atoms with Crippen LogP contribution in [0.5, 0.6) is 5.75 Å². The second-order valence-electron chi connectivity index (χ2n) is 4.93. The van der Waals surface area contributed by atoms with Gasteiger partial charge in [-0.05, 0) is 30.3 Å². The van der Waals surface area contributed by atoms with E-state index in [9.17, 15) is 4.79 Å². The van der Waals surface area contributed by atoms with Gasteiger partial charge in [-0.25, -0.2) is 4.79 Å². The van der Waals surface area contributed by atoms with Crippen LogP contribution in [-0.2, 0) is 22.7 Å². The van der Waals surface area contributed by atoms with Gasteiger partial charge >= 0.3 is 5.97 Å². The van der Waals surface area contributed by atoms with E-state index in [1.54, 1.807) is 30.3 Å². The molecule has 0 atom stereocenters. The van der Waals surface area contributed by atoms with Gasteiger partial charge in [0.05, 0.1) is 23.8 Å². The Labute approximate surface area is 138 Å². The number of hydrogen-bond acceptors (Lipinski definition) is 5. The molecule has 1 aliphatic rings. The van der Waals surface area contributed by atoms with E-state index in [1.807, 2.05) is 6.07 Å². The van der Waals surface area contributed by atoms with E-state index in [2.05, 4.69) is 0 Å². The van der Waals surface area contributed by atoms with Crippen molar-refractivity contribution in [3.8, 4) is 11.8 Å². The van der Waals surface area contributed by atoms with Crippen molar-refractivity contribution in [1.82, 2.24) is 0 Å². The molecular weight excluding hydrogens is 318 g/mol. The summed E-state index contributed by atoms with van der Waals surface area (Å²) in [5.74, 6) is 0.127. The van der Waals surface area contributed by atoms with Crippen LogP contribution in [0.2, 0.25) is 5.02 Å². The quantitative estimate of drug-likeness (QED) is 0.807. The SMILES string of the molecule is N#Cc1cccc(C(=O)OCc2cc(Cl)cc3c2OCOC3)c1. The number of carbonyl (C=O) groups is 1. The van der Waals surface area contributed by atoms with E-state index in [1.165, 1.54) is 6.07 Å². The van der Waals surface area contributed by atoms with Gasteiger partial charge in [0, 0.05) is 16.1 Å². The molecule has 0 N–H and O–H groups in total. The van der Waals surface area contributed by atoms with Crippen LogP contribution in [0.4, 0.5) is 0 Å². The molecule has 2 aromatic carbocycles. The molecule has 5 nitrogen and oxygen atoms in total. The van der Waals surface area contributed by atoms with Gasteiger partial charge in [0.15, 0.2) is 6.79 Å². The first-order valence-electron chi connectivity index (χ1n) is 6.86. The van der Waals surface area contributed by atoms with Gasteiger partial charge in [-0.1, -0.05) is 17.7 Å². The van der Waals surface area contributed by atoms with Gasteiger partial charge < -0.3 is 14.2 Å².